The monoisotopic (exact) mass is 364 g/mol. The van der Waals surface area contributed by atoms with E-state index in [4.69, 9.17) is 9.47 Å². The lowest BCUT2D eigenvalue weighted by atomic mass is 10.1. The van der Waals surface area contributed by atoms with Gasteiger partial charge in [0.15, 0.2) is 11.5 Å². The van der Waals surface area contributed by atoms with Crippen LogP contribution in [0.3, 0.4) is 0 Å². The zero-order valence-electron chi connectivity index (χ0n) is 17.0. The van der Waals surface area contributed by atoms with Gasteiger partial charge in [0.05, 0.1) is 20.3 Å². The molecule has 1 aromatic carbocycles. The molecule has 6 nitrogen and oxygen atoms in total. The summed E-state index contributed by atoms with van der Waals surface area (Å²) in [5.41, 5.74) is 0.836. The smallest absolute Gasteiger partial charge is 0.311 e. The number of ether oxygens (including phenoxy) is 2. The average Bonchev–Trinajstić information content (AvgIpc) is 2.58. The minimum Gasteiger partial charge on any atom is -0.493 e. The van der Waals surface area contributed by atoms with Crippen LogP contribution in [0.2, 0.25) is 0 Å². The third kappa shape index (κ3) is 6.24. The normalized spacial score (nSPS) is 12.0. The van der Waals surface area contributed by atoms with Gasteiger partial charge in [0.1, 0.15) is 0 Å². The zero-order valence-corrected chi connectivity index (χ0v) is 17.0. The summed E-state index contributed by atoms with van der Waals surface area (Å²) in [6, 6.07) is 5.10. The first-order chi connectivity index (χ1) is 12.2. The zero-order chi connectivity index (χ0) is 19.9. The number of hydrogen-bond acceptors (Lipinski definition) is 4. The Kier molecular flexibility index (Phi) is 8.42. The van der Waals surface area contributed by atoms with Crippen LogP contribution >= 0.6 is 0 Å². The molecule has 0 radical (unpaired) electrons. The van der Waals surface area contributed by atoms with Crippen molar-refractivity contribution in [2.75, 3.05) is 27.3 Å². The standard InChI is InChI=1S/C20H32N2O4/c1-13(2)11-22(12-14(3)4)20(24)19(23)21-15(5)16-8-9-17(25-6)18(10-16)26-7/h8-10,13-15H,11-12H2,1-7H3,(H,21,23). The largest absolute Gasteiger partial charge is 0.493 e. The van der Waals surface area contributed by atoms with Gasteiger partial charge in [0.25, 0.3) is 0 Å². The highest BCUT2D eigenvalue weighted by molar-refractivity contribution is 6.35. The molecule has 0 fully saturated rings. The average molecular weight is 364 g/mol. The first-order valence-electron chi connectivity index (χ1n) is 9.01. The molecule has 0 spiro atoms. The van der Waals surface area contributed by atoms with Gasteiger partial charge in [-0.2, -0.15) is 0 Å². The first-order valence-corrected chi connectivity index (χ1v) is 9.01. The summed E-state index contributed by atoms with van der Waals surface area (Å²) in [6.07, 6.45) is 0. The van der Waals surface area contributed by atoms with Crippen molar-refractivity contribution in [1.29, 1.82) is 0 Å². The van der Waals surface area contributed by atoms with Crippen LogP contribution in [0.1, 0.15) is 46.2 Å². The molecule has 0 aliphatic heterocycles. The van der Waals surface area contributed by atoms with E-state index < -0.39 is 11.8 Å². The van der Waals surface area contributed by atoms with E-state index in [1.54, 1.807) is 31.3 Å². The van der Waals surface area contributed by atoms with Crippen molar-refractivity contribution in [1.82, 2.24) is 10.2 Å². The summed E-state index contributed by atoms with van der Waals surface area (Å²) in [4.78, 5) is 26.7. The summed E-state index contributed by atoms with van der Waals surface area (Å²) < 4.78 is 10.5. The van der Waals surface area contributed by atoms with E-state index in [9.17, 15) is 9.59 Å². The predicted octanol–water partition coefficient (Wildman–Crippen LogP) is 3.02. The molecule has 0 bridgehead atoms. The molecule has 1 N–H and O–H groups in total. The van der Waals surface area contributed by atoms with Crippen LogP contribution in [-0.2, 0) is 9.59 Å². The molecule has 6 heteroatoms. The van der Waals surface area contributed by atoms with E-state index in [2.05, 4.69) is 5.32 Å². The van der Waals surface area contributed by atoms with Crippen LogP contribution < -0.4 is 14.8 Å². The van der Waals surface area contributed by atoms with Gasteiger partial charge in [0.2, 0.25) is 0 Å². The van der Waals surface area contributed by atoms with Crippen molar-refractivity contribution in [2.45, 2.75) is 40.7 Å². The third-order valence-corrected chi connectivity index (χ3v) is 3.91. The van der Waals surface area contributed by atoms with Crippen LogP contribution in [0, 0.1) is 11.8 Å². The van der Waals surface area contributed by atoms with Gasteiger partial charge in [-0.25, -0.2) is 0 Å². The van der Waals surface area contributed by atoms with Gasteiger partial charge in [0, 0.05) is 13.1 Å². The molecule has 0 saturated heterocycles. The first kappa shape index (κ1) is 21.8. The Morgan fingerprint density at radius 3 is 1.96 bits per heavy atom. The second kappa shape index (κ2) is 10.0. The molecule has 0 aliphatic rings. The molecule has 2 amide bonds. The van der Waals surface area contributed by atoms with Gasteiger partial charge in [-0.15, -0.1) is 0 Å². The maximum absolute atomic E-state index is 12.6. The lowest BCUT2D eigenvalue weighted by Gasteiger charge is -2.26. The van der Waals surface area contributed by atoms with Crippen LogP contribution in [-0.4, -0.2) is 44.0 Å². The number of methoxy groups -OCH3 is 2. The van der Waals surface area contributed by atoms with Gasteiger partial charge < -0.3 is 19.7 Å². The van der Waals surface area contributed by atoms with E-state index in [1.165, 1.54) is 0 Å². The summed E-state index contributed by atoms with van der Waals surface area (Å²) in [5.74, 6) is 0.723. The second-order valence-electron chi connectivity index (χ2n) is 7.31. The Hall–Kier alpha value is -2.24. The lowest BCUT2D eigenvalue weighted by molar-refractivity contribution is -0.146. The van der Waals surface area contributed by atoms with Crippen molar-refractivity contribution in [3.05, 3.63) is 23.8 Å². The van der Waals surface area contributed by atoms with E-state index in [-0.39, 0.29) is 6.04 Å². The van der Waals surface area contributed by atoms with Crippen LogP contribution in [0.4, 0.5) is 0 Å². The highest BCUT2D eigenvalue weighted by Crippen LogP contribution is 2.29. The summed E-state index contributed by atoms with van der Waals surface area (Å²) in [6.45, 7) is 11.1. The molecule has 1 rings (SSSR count). The molecular formula is C20H32N2O4. The molecule has 0 aromatic heterocycles. The quantitative estimate of drug-likeness (QED) is 0.720. The van der Waals surface area contributed by atoms with E-state index in [0.717, 1.165) is 5.56 Å². The number of amides is 2. The van der Waals surface area contributed by atoms with Crippen molar-refractivity contribution in [3.63, 3.8) is 0 Å². The van der Waals surface area contributed by atoms with Gasteiger partial charge in [-0.05, 0) is 36.5 Å². The van der Waals surface area contributed by atoms with Crippen LogP contribution in [0.5, 0.6) is 11.5 Å². The molecule has 1 unspecified atom stereocenters. The number of rotatable bonds is 8. The fourth-order valence-electron chi connectivity index (χ4n) is 2.73. The highest BCUT2D eigenvalue weighted by atomic mass is 16.5. The summed E-state index contributed by atoms with van der Waals surface area (Å²) >= 11 is 0. The molecule has 0 aliphatic carbocycles. The number of hydrogen-bond donors (Lipinski definition) is 1. The van der Waals surface area contributed by atoms with Gasteiger partial charge >= 0.3 is 11.8 Å². The Morgan fingerprint density at radius 2 is 1.50 bits per heavy atom. The van der Waals surface area contributed by atoms with Crippen molar-refractivity contribution in [2.24, 2.45) is 11.8 Å². The maximum atomic E-state index is 12.6. The van der Waals surface area contributed by atoms with Gasteiger partial charge in [-0.1, -0.05) is 33.8 Å². The Bertz CT molecular complexity index is 604. The summed E-state index contributed by atoms with van der Waals surface area (Å²) in [7, 11) is 3.13. The van der Waals surface area contributed by atoms with E-state index >= 15 is 0 Å². The number of nitrogens with one attached hydrogen (secondary N) is 1. The second-order valence-corrected chi connectivity index (χ2v) is 7.31. The minimum atomic E-state index is -0.589. The van der Waals surface area contributed by atoms with Crippen LogP contribution in [0.25, 0.3) is 0 Å². The van der Waals surface area contributed by atoms with E-state index in [1.807, 2.05) is 40.7 Å². The molecule has 146 valence electrons. The topological polar surface area (TPSA) is 67.9 Å². The SMILES string of the molecule is COc1ccc(C(C)NC(=O)C(=O)N(CC(C)C)CC(C)C)cc1OC. The fraction of sp³-hybridized carbons (Fsp3) is 0.600. The number of benzene rings is 1. The molecular weight excluding hydrogens is 332 g/mol. The number of carbonyl (C=O) groups excluding carboxylic acids is 2. The predicted molar refractivity (Wildman–Crippen MR) is 102 cm³/mol. The Balaban J connectivity index is 2.85. The Morgan fingerprint density at radius 1 is 0.962 bits per heavy atom. The number of nitrogens with zero attached hydrogens (tertiary/aromatic N) is 1. The molecule has 1 atom stereocenters. The molecule has 1 aromatic rings. The third-order valence-electron chi connectivity index (χ3n) is 3.91. The molecule has 0 heterocycles. The van der Waals surface area contributed by atoms with Crippen molar-refractivity contribution >= 4 is 11.8 Å². The minimum absolute atomic E-state index is 0.300. The highest BCUT2D eigenvalue weighted by Gasteiger charge is 2.25. The lowest BCUT2D eigenvalue weighted by Crippen LogP contribution is -2.46. The summed E-state index contributed by atoms with van der Waals surface area (Å²) in [5, 5.41) is 2.79. The van der Waals surface area contributed by atoms with Crippen molar-refractivity contribution < 1.29 is 19.1 Å². The number of carbonyl (C=O) groups is 2. The van der Waals surface area contributed by atoms with Crippen LogP contribution in [0.15, 0.2) is 18.2 Å². The fourth-order valence-corrected chi connectivity index (χ4v) is 2.73. The molecule has 0 saturated carbocycles. The Labute approximate surface area is 156 Å². The van der Waals surface area contributed by atoms with E-state index in [0.29, 0.717) is 36.4 Å². The van der Waals surface area contributed by atoms with Gasteiger partial charge in [-0.3, -0.25) is 9.59 Å². The molecule has 26 heavy (non-hydrogen) atoms. The maximum Gasteiger partial charge on any atom is 0.311 e. The van der Waals surface area contributed by atoms with Crippen molar-refractivity contribution in [3.8, 4) is 11.5 Å².